The second-order valence-corrected chi connectivity index (χ2v) is 8.42. The molecule has 0 amide bonds. The van der Waals surface area contributed by atoms with Crippen molar-refractivity contribution < 1.29 is 26.5 Å². The van der Waals surface area contributed by atoms with Crippen molar-refractivity contribution in [2.45, 2.75) is 32.4 Å². The molecule has 5 rings (SSSR count). The molecule has 170 valence electrons. The molecule has 0 bridgehead atoms. The molecule has 5 nitrogen and oxygen atoms in total. The number of likely N-dealkylation sites (tertiary alicyclic amines) is 1. The number of allylic oxidation sites excluding steroid dienone is 1. The maximum Gasteiger partial charge on any atom is 0.150 e. The molecule has 3 aromatic rings. The topological polar surface area (TPSA) is 62.2 Å². The number of ether oxygens (including phenoxy) is 2. The van der Waals surface area contributed by atoms with Crippen LogP contribution in [-0.4, -0.2) is 40.9 Å². The normalized spacial score (nSPS) is 21.0. The van der Waals surface area contributed by atoms with Gasteiger partial charge in [-0.1, -0.05) is 31.2 Å². The van der Waals surface area contributed by atoms with Gasteiger partial charge in [0.15, 0.2) is 0 Å². The molecule has 2 aliphatic rings. The molecule has 5 heteroatoms. The Bertz CT molecular complexity index is 1360. The Hall–Kier alpha value is -3.44. The number of aromatic hydroxyl groups is 2. The summed E-state index contributed by atoms with van der Waals surface area (Å²) in [6.07, 6.45) is -0.0297. The number of phenolic OH excluding ortho intramolecular Hbond substituents is 2. The zero-order valence-corrected chi connectivity index (χ0v) is 18.3. The van der Waals surface area contributed by atoms with Gasteiger partial charge in [-0.3, -0.25) is 4.90 Å². The van der Waals surface area contributed by atoms with Gasteiger partial charge in [-0.25, -0.2) is 0 Å². The van der Waals surface area contributed by atoms with Gasteiger partial charge in [0.2, 0.25) is 0 Å². The zero-order valence-electron chi connectivity index (χ0n) is 23.3. The Morgan fingerprint density at radius 1 is 1.06 bits per heavy atom. The van der Waals surface area contributed by atoms with Crippen LogP contribution in [-0.2, 0) is 0 Å². The largest absolute Gasteiger partial charge is 0.508 e. The summed E-state index contributed by atoms with van der Waals surface area (Å²) in [5, 5.41) is 19.9. The first-order valence-corrected chi connectivity index (χ1v) is 11.1. The molecule has 0 aliphatic carbocycles. The molecule has 0 aromatic heterocycles. The monoisotopic (exact) mass is 448 g/mol. The van der Waals surface area contributed by atoms with Crippen LogP contribution in [0.1, 0.15) is 49.8 Å². The van der Waals surface area contributed by atoms with Crippen LogP contribution in [0.3, 0.4) is 0 Å². The third kappa shape index (κ3) is 4.29. The number of benzene rings is 3. The standard InChI is InChI=1S/C28H29NO4/c1-3-14-29-16-24(17-29)32-23-11-6-20(7-12-23)28-27(19-4-8-21(30)9-5-19)18(2)25-13-10-22(31)15-26(25)33-28/h4-13,15,24,28,30-31H,3,14,16-17H2,1-2H3/i2D3,11D,12D. The maximum absolute atomic E-state index is 10.1. The first kappa shape index (κ1) is 16.2. The molecule has 0 spiro atoms. The van der Waals surface area contributed by atoms with Gasteiger partial charge >= 0.3 is 0 Å². The zero-order chi connectivity index (χ0) is 27.2. The predicted octanol–water partition coefficient (Wildman–Crippen LogP) is 5.64. The maximum atomic E-state index is 10.1. The molecule has 2 aliphatic heterocycles. The van der Waals surface area contributed by atoms with E-state index in [9.17, 15) is 10.2 Å². The first-order chi connectivity index (χ1) is 18.0. The van der Waals surface area contributed by atoms with Crippen LogP contribution in [0.25, 0.3) is 11.1 Å². The number of hydrogen-bond donors (Lipinski definition) is 2. The summed E-state index contributed by atoms with van der Waals surface area (Å²) in [4.78, 5) is 2.25. The van der Waals surface area contributed by atoms with Gasteiger partial charge in [0.25, 0.3) is 0 Å². The molecule has 3 aromatic carbocycles. The van der Waals surface area contributed by atoms with E-state index in [1.165, 1.54) is 42.5 Å². The Morgan fingerprint density at radius 3 is 2.48 bits per heavy atom. The molecule has 1 saturated heterocycles. The lowest BCUT2D eigenvalue weighted by Gasteiger charge is -2.38. The van der Waals surface area contributed by atoms with Crippen LogP contribution < -0.4 is 9.47 Å². The minimum absolute atomic E-state index is 0.00670. The van der Waals surface area contributed by atoms with Crippen LogP contribution in [0.2, 0.25) is 0 Å². The summed E-state index contributed by atoms with van der Waals surface area (Å²) in [7, 11) is 0. The minimum Gasteiger partial charge on any atom is -0.508 e. The van der Waals surface area contributed by atoms with Gasteiger partial charge in [-0.15, -0.1) is 0 Å². The highest BCUT2D eigenvalue weighted by molar-refractivity contribution is 5.95. The highest BCUT2D eigenvalue weighted by Gasteiger charge is 2.30. The minimum atomic E-state index is -2.55. The highest BCUT2D eigenvalue weighted by Crippen LogP contribution is 2.47. The van der Waals surface area contributed by atoms with Crippen molar-refractivity contribution in [2.75, 3.05) is 19.6 Å². The SMILES string of the molecule is [2H]c1cc(C2Oc3cc(O)ccc3C(C([2H])([2H])[2H])=C2c2ccc(O)cc2)cc([2H])c1OC1CN(CCC)C1. The lowest BCUT2D eigenvalue weighted by atomic mass is 9.86. The molecule has 2 N–H and O–H groups in total. The lowest BCUT2D eigenvalue weighted by Crippen LogP contribution is -2.53. The van der Waals surface area contributed by atoms with Crippen molar-refractivity contribution >= 4 is 11.1 Å². The number of rotatable bonds is 6. The second-order valence-electron chi connectivity index (χ2n) is 8.42. The average molecular weight is 449 g/mol. The smallest absolute Gasteiger partial charge is 0.150 e. The predicted molar refractivity (Wildman–Crippen MR) is 130 cm³/mol. The van der Waals surface area contributed by atoms with Crippen molar-refractivity contribution in [1.82, 2.24) is 4.90 Å². The van der Waals surface area contributed by atoms with E-state index in [-0.39, 0.29) is 46.8 Å². The summed E-state index contributed by atoms with van der Waals surface area (Å²) < 4.78 is 54.6. The van der Waals surface area contributed by atoms with Crippen LogP contribution in [0, 0.1) is 0 Å². The molecule has 0 saturated carbocycles. The van der Waals surface area contributed by atoms with Gasteiger partial charge in [-0.2, -0.15) is 0 Å². The second kappa shape index (κ2) is 8.83. The van der Waals surface area contributed by atoms with Crippen molar-refractivity contribution in [1.29, 1.82) is 0 Å². The summed E-state index contributed by atoms with van der Waals surface area (Å²) in [6.45, 7) is 2.04. The van der Waals surface area contributed by atoms with E-state index < -0.39 is 13.0 Å². The van der Waals surface area contributed by atoms with Crippen LogP contribution >= 0.6 is 0 Å². The van der Waals surface area contributed by atoms with Gasteiger partial charge < -0.3 is 19.7 Å². The first-order valence-electron chi connectivity index (χ1n) is 13.6. The van der Waals surface area contributed by atoms with Crippen molar-refractivity contribution in [3.63, 3.8) is 0 Å². The van der Waals surface area contributed by atoms with Gasteiger partial charge in [0.05, 0.1) is 2.74 Å². The van der Waals surface area contributed by atoms with Crippen LogP contribution in [0.15, 0.2) is 66.7 Å². The Morgan fingerprint density at radius 2 is 1.79 bits per heavy atom. The molecule has 33 heavy (non-hydrogen) atoms. The molecule has 1 unspecified atom stereocenters. The van der Waals surface area contributed by atoms with Crippen LogP contribution in [0.4, 0.5) is 0 Å². The van der Waals surface area contributed by atoms with Crippen molar-refractivity contribution in [3.8, 4) is 23.0 Å². The van der Waals surface area contributed by atoms with E-state index in [2.05, 4.69) is 11.8 Å². The molecular weight excluding hydrogens is 414 g/mol. The number of fused-ring (bicyclic) bond motifs is 1. The Balaban J connectivity index is 1.61. The summed E-state index contributed by atoms with van der Waals surface area (Å²) >= 11 is 0. The van der Waals surface area contributed by atoms with E-state index >= 15 is 0 Å². The third-order valence-corrected chi connectivity index (χ3v) is 5.98. The summed E-state index contributed by atoms with van der Waals surface area (Å²) in [6, 6.07) is 13.5. The average Bonchev–Trinajstić information content (AvgIpc) is 2.83. The Labute approximate surface area is 201 Å². The van der Waals surface area contributed by atoms with Crippen molar-refractivity contribution in [3.05, 3.63) is 83.4 Å². The van der Waals surface area contributed by atoms with E-state index in [0.717, 1.165) is 26.1 Å². The third-order valence-electron chi connectivity index (χ3n) is 5.98. The van der Waals surface area contributed by atoms with Gasteiger partial charge in [0.1, 0.15) is 35.2 Å². The number of phenols is 2. The fourth-order valence-corrected chi connectivity index (χ4v) is 4.31. The quantitative estimate of drug-likeness (QED) is 0.511. The number of hydrogen-bond acceptors (Lipinski definition) is 5. The molecule has 1 fully saturated rings. The summed E-state index contributed by atoms with van der Waals surface area (Å²) in [5.74, 6) is 0.312. The summed E-state index contributed by atoms with van der Waals surface area (Å²) in [5.41, 5.74) is 1.62. The van der Waals surface area contributed by atoms with E-state index in [1.54, 1.807) is 12.1 Å². The molecule has 2 heterocycles. The van der Waals surface area contributed by atoms with Crippen molar-refractivity contribution in [2.24, 2.45) is 0 Å². The number of nitrogens with zero attached hydrogens (tertiary/aromatic N) is 1. The van der Waals surface area contributed by atoms with Crippen LogP contribution in [0.5, 0.6) is 23.0 Å². The fourth-order valence-electron chi connectivity index (χ4n) is 4.31. The van der Waals surface area contributed by atoms with Gasteiger partial charge in [-0.05, 0) is 72.9 Å². The highest BCUT2D eigenvalue weighted by atomic mass is 16.5. The van der Waals surface area contributed by atoms with Gasteiger partial charge in [0, 0.05) is 34.4 Å². The molecule has 0 radical (unpaired) electrons. The van der Waals surface area contributed by atoms with E-state index in [4.69, 9.17) is 16.3 Å². The van der Waals surface area contributed by atoms with E-state index in [1.807, 2.05) is 0 Å². The molecular formula is C28H29NO4. The fraction of sp³-hybridized carbons (Fsp3) is 0.286. The molecule has 1 atom stereocenters. The van der Waals surface area contributed by atoms with E-state index in [0.29, 0.717) is 22.3 Å². The Kier molecular flexibility index (Phi) is 4.34. The lowest BCUT2D eigenvalue weighted by molar-refractivity contribution is 0.0202.